The summed E-state index contributed by atoms with van der Waals surface area (Å²) >= 11 is 0. The molecule has 1 N–H and O–H groups in total. The average Bonchev–Trinajstić information content (AvgIpc) is 3.36. The second-order valence-corrected chi connectivity index (χ2v) is 10.8. The normalized spacial score (nSPS) is 22.4. The van der Waals surface area contributed by atoms with E-state index in [-0.39, 0.29) is 37.6 Å². The van der Waals surface area contributed by atoms with Crippen LogP contribution in [0.1, 0.15) is 17.5 Å². The van der Waals surface area contributed by atoms with Crippen molar-refractivity contribution in [1.29, 1.82) is 0 Å². The number of hydrogen-bond donors (Lipinski definition) is 1. The van der Waals surface area contributed by atoms with Gasteiger partial charge in [0.15, 0.2) is 0 Å². The molecule has 1 aliphatic carbocycles. The third-order valence-corrected chi connectivity index (χ3v) is 8.92. The third-order valence-electron chi connectivity index (χ3n) is 7.00. The first-order valence-corrected chi connectivity index (χ1v) is 12.8. The third kappa shape index (κ3) is 3.84. The van der Waals surface area contributed by atoms with E-state index in [1.54, 1.807) is 12.1 Å². The molecule has 184 valence electrons. The molecule has 1 unspecified atom stereocenters. The molecule has 2 aromatic carbocycles. The zero-order valence-electron chi connectivity index (χ0n) is 19.3. The van der Waals surface area contributed by atoms with Crippen molar-refractivity contribution >= 4 is 27.9 Å². The van der Waals surface area contributed by atoms with E-state index in [1.165, 1.54) is 28.4 Å². The number of aryl methyl sites for hydroxylation is 1. The molecule has 11 heteroatoms. The van der Waals surface area contributed by atoms with E-state index < -0.39 is 33.4 Å². The molecular formula is C24H26N4O6S. The Hall–Kier alpha value is -3.44. The minimum atomic E-state index is -3.71. The summed E-state index contributed by atoms with van der Waals surface area (Å²) in [7, 11) is -2.20. The number of imide groups is 1. The smallest absolute Gasteiger partial charge is 0.325 e. The molecule has 2 heterocycles. The van der Waals surface area contributed by atoms with Crippen molar-refractivity contribution in [3.63, 3.8) is 0 Å². The Morgan fingerprint density at radius 1 is 1.03 bits per heavy atom. The van der Waals surface area contributed by atoms with Gasteiger partial charge in [-0.25, -0.2) is 13.2 Å². The number of urea groups is 1. The van der Waals surface area contributed by atoms with Crippen molar-refractivity contribution in [3.8, 4) is 5.75 Å². The number of ether oxygens (including phenoxy) is 1. The fraction of sp³-hybridized carbons (Fsp3) is 0.375. The van der Waals surface area contributed by atoms with Crippen LogP contribution in [-0.4, -0.2) is 80.2 Å². The first kappa shape index (κ1) is 23.3. The molecule has 0 aromatic heterocycles. The zero-order valence-corrected chi connectivity index (χ0v) is 20.1. The van der Waals surface area contributed by atoms with Gasteiger partial charge in [0.25, 0.3) is 5.91 Å². The molecule has 35 heavy (non-hydrogen) atoms. The first-order chi connectivity index (χ1) is 16.8. The predicted molar refractivity (Wildman–Crippen MR) is 125 cm³/mol. The molecule has 5 rings (SSSR count). The maximum Gasteiger partial charge on any atom is 0.325 e. The van der Waals surface area contributed by atoms with Crippen molar-refractivity contribution in [2.24, 2.45) is 0 Å². The maximum absolute atomic E-state index is 13.3. The number of carbonyl (C=O) groups excluding carboxylic acids is 3. The van der Waals surface area contributed by atoms with Crippen LogP contribution >= 0.6 is 0 Å². The first-order valence-electron chi connectivity index (χ1n) is 11.4. The molecule has 1 spiro atoms. The van der Waals surface area contributed by atoms with Crippen LogP contribution in [0.2, 0.25) is 0 Å². The Morgan fingerprint density at radius 3 is 2.40 bits per heavy atom. The van der Waals surface area contributed by atoms with E-state index in [0.717, 1.165) is 16.0 Å². The van der Waals surface area contributed by atoms with Crippen LogP contribution in [0.15, 0.2) is 53.4 Å². The van der Waals surface area contributed by atoms with Gasteiger partial charge in [-0.1, -0.05) is 24.3 Å². The monoisotopic (exact) mass is 498 g/mol. The number of carbonyl (C=O) groups is 3. The molecule has 0 bridgehead atoms. The number of methoxy groups -OCH3 is 1. The summed E-state index contributed by atoms with van der Waals surface area (Å²) in [5.74, 6) is -0.248. The summed E-state index contributed by atoms with van der Waals surface area (Å²) in [6.07, 6.45) is 1.14. The molecule has 2 fully saturated rings. The van der Waals surface area contributed by atoms with Crippen LogP contribution in [0, 0.1) is 0 Å². The van der Waals surface area contributed by atoms with E-state index in [9.17, 15) is 22.8 Å². The van der Waals surface area contributed by atoms with Gasteiger partial charge >= 0.3 is 6.03 Å². The number of rotatable bonds is 5. The molecule has 2 aromatic rings. The van der Waals surface area contributed by atoms with Crippen molar-refractivity contribution in [3.05, 3.63) is 59.7 Å². The molecule has 0 saturated carbocycles. The highest BCUT2D eigenvalue weighted by Gasteiger charge is 2.55. The van der Waals surface area contributed by atoms with Gasteiger partial charge in [-0.05, 0) is 48.2 Å². The van der Waals surface area contributed by atoms with Gasteiger partial charge < -0.3 is 15.0 Å². The van der Waals surface area contributed by atoms with Crippen molar-refractivity contribution < 1.29 is 27.5 Å². The Morgan fingerprint density at radius 2 is 1.71 bits per heavy atom. The van der Waals surface area contributed by atoms with Crippen LogP contribution in [-0.2, 0) is 31.6 Å². The highest BCUT2D eigenvalue weighted by atomic mass is 32.2. The van der Waals surface area contributed by atoms with Crippen LogP contribution in [0.25, 0.3) is 0 Å². The van der Waals surface area contributed by atoms with Crippen LogP contribution in [0.4, 0.5) is 4.79 Å². The minimum absolute atomic E-state index is 0.123. The molecular weight excluding hydrogens is 472 g/mol. The van der Waals surface area contributed by atoms with Gasteiger partial charge in [0.05, 0.1) is 12.0 Å². The number of nitrogens with one attached hydrogen (secondary N) is 1. The summed E-state index contributed by atoms with van der Waals surface area (Å²) in [5, 5.41) is 2.82. The summed E-state index contributed by atoms with van der Waals surface area (Å²) < 4.78 is 32.3. The van der Waals surface area contributed by atoms with Crippen molar-refractivity contribution in [2.75, 3.05) is 39.8 Å². The average molecular weight is 499 g/mol. The fourth-order valence-corrected chi connectivity index (χ4v) is 6.47. The standard InChI is InChI=1S/C24H26N4O6S/c1-34-18-6-8-19(9-7-18)35(32,33)27-14-12-26(13-15-27)21(29)16-28-22(30)24(25-23(28)31)11-10-17-4-2-3-5-20(17)24/h2-9H,10-16H2,1H3,(H,25,31). The van der Waals surface area contributed by atoms with Gasteiger partial charge in [-0.2, -0.15) is 4.31 Å². The number of benzene rings is 2. The highest BCUT2D eigenvalue weighted by Crippen LogP contribution is 2.41. The van der Waals surface area contributed by atoms with Crippen molar-refractivity contribution in [1.82, 2.24) is 19.4 Å². The van der Waals surface area contributed by atoms with E-state index in [1.807, 2.05) is 24.3 Å². The summed E-state index contributed by atoms with van der Waals surface area (Å²) in [6, 6.07) is 13.1. The lowest BCUT2D eigenvalue weighted by molar-refractivity contribution is -0.139. The largest absolute Gasteiger partial charge is 0.497 e. The number of piperazine rings is 1. The second-order valence-electron chi connectivity index (χ2n) is 8.84. The summed E-state index contributed by atoms with van der Waals surface area (Å²) in [4.78, 5) is 41.6. The quantitative estimate of drug-likeness (QED) is 0.613. The maximum atomic E-state index is 13.3. The summed E-state index contributed by atoms with van der Waals surface area (Å²) in [6.45, 7) is 0.215. The second kappa shape index (κ2) is 8.65. The molecule has 10 nitrogen and oxygen atoms in total. The lowest BCUT2D eigenvalue weighted by atomic mass is 9.92. The van der Waals surface area contributed by atoms with Crippen LogP contribution < -0.4 is 10.1 Å². The van der Waals surface area contributed by atoms with Gasteiger partial charge in [-0.15, -0.1) is 0 Å². The molecule has 1 atom stereocenters. The molecule has 4 amide bonds. The van der Waals surface area contributed by atoms with Crippen molar-refractivity contribution in [2.45, 2.75) is 23.3 Å². The molecule has 0 radical (unpaired) electrons. The lowest BCUT2D eigenvalue weighted by Crippen LogP contribution is -2.53. The number of fused-ring (bicyclic) bond motifs is 2. The predicted octanol–water partition coefficient (Wildman–Crippen LogP) is 0.922. The topological polar surface area (TPSA) is 116 Å². The number of amides is 4. The number of nitrogens with zero attached hydrogens (tertiary/aromatic N) is 3. The Balaban J connectivity index is 1.23. The zero-order chi connectivity index (χ0) is 24.8. The Kier molecular flexibility index (Phi) is 5.76. The van der Waals surface area contributed by atoms with Crippen LogP contribution in [0.3, 0.4) is 0 Å². The van der Waals surface area contributed by atoms with E-state index in [2.05, 4.69) is 5.32 Å². The van der Waals surface area contributed by atoms with E-state index in [0.29, 0.717) is 18.6 Å². The fourth-order valence-electron chi connectivity index (χ4n) is 5.04. The lowest BCUT2D eigenvalue weighted by Gasteiger charge is -2.34. The minimum Gasteiger partial charge on any atom is -0.497 e. The molecule has 2 saturated heterocycles. The van der Waals surface area contributed by atoms with Gasteiger partial charge in [0.2, 0.25) is 15.9 Å². The van der Waals surface area contributed by atoms with Crippen LogP contribution in [0.5, 0.6) is 5.75 Å². The Labute approximate surface area is 203 Å². The summed E-state index contributed by atoms with van der Waals surface area (Å²) in [5.41, 5.74) is 0.688. The molecule has 2 aliphatic heterocycles. The Bertz CT molecular complexity index is 1290. The highest BCUT2D eigenvalue weighted by molar-refractivity contribution is 7.89. The van der Waals surface area contributed by atoms with Gasteiger partial charge in [-0.3, -0.25) is 14.5 Å². The molecule has 3 aliphatic rings. The van der Waals surface area contributed by atoms with E-state index >= 15 is 0 Å². The number of hydrogen-bond acceptors (Lipinski definition) is 6. The van der Waals surface area contributed by atoms with Gasteiger partial charge in [0, 0.05) is 26.2 Å². The number of sulfonamides is 1. The van der Waals surface area contributed by atoms with E-state index in [4.69, 9.17) is 4.74 Å². The SMILES string of the molecule is COc1ccc(S(=O)(=O)N2CCN(C(=O)CN3C(=O)NC4(CCc5ccccc54)C3=O)CC2)cc1. The van der Waals surface area contributed by atoms with Gasteiger partial charge in [0.1, 0.15) is 17.8 Å².